The lowest BCUT2D eigenvalue weighted by molar-refractivity contribution is -0.138. The van der Waals surface area contributed by atoms with Gasteiger partial charge in [-0.05, 0) is 5.92 Å². The Morgan fingerprint density at radius 3 is 2.15 bits per heavy atom. The third kappa shape index (κ3) is 11.0. The fourth-order valence-electron chi connectivity index (χ4n) is 1.15. The smallest absolute Gasteiger partial charge is 0.321 e. The number of rotatable bonds is 8. The number of carboxylic acids is 1. The minimum absolute atomic E-state index is 0.0992. The lowest BCUT2D eigenvalue weighted by Gasteiger charge is -2.08. The van der Waals surface area contributed by atoms with Crippen LogP contribution in [0.15, 0.2) is 0 Å². The predicted octanol–water partition coefficient (Wildman–Crippen LogP) is -0.161. The highest BCUT2D eigenvalue weighted by molar-refractivity contribution is 5.95. The molecule has 0 aliphatic carbocycles. The molecule has 20 heavy (non-hydrogen) atoms. The molecule has 0 rings (SSSR count). The van der Waals surface area contributed by atoms with Crippen LogP contribution in [0.5, 0.6) is 0 Å². The summed E-state index contributed by atoms with van der Waals surface area (Å²) in [6.07, 6.45) is -0.488. The van der Waals surface area contributed by atoms with Crippen LogP contribution in [0.1, 0.15) is 33.1 Å². The van der Waals surface area contributed by atoms with Gasteiger partial charge in [0.25, 0.3) is 0 Å². The Morgan fingerprint density at radius 2 is 1.60 bits per heavy atom. The van der Waals surface area contributed by atoms with Crippen molar-refractivity contribution in [2.24, 2.45) is 5.92 Å². The number of hydrogen-bond donors (Lipinski definition) is 4. The fraction of sp³-hybridized carbons (Fsp3) is 0.667. The Hall–Kier alpha value is -2.12. The molecule has 0 aromatic heterocycles. The summed E-state index contributed by atoms with van der Waals surface area (Å²) in [5.74, 6) is -1.62. The Balaban J connectivity index is 3.70. The number of nitrogens with one attached hydrogen (secondary N) is 3. The molecule has 4 N–H and O–H groups in total. The number of carbonyl (C=O) groups is 4. The summed E-state index contributed by atoms with van der Waals surface area (Å²) in [6, 6.07) is -0.739. The topological polar surface area (TPSA) is 125 Å². The number of carboxylic acid groups (broad SMARTS) is 1. The SMILES string of the molecule is CC(C)CNC(=O)CCNC(=O)NC(=O)CCC(=O)O. The van der Waals surface area contributed by atoms with E-state index in [-0.39, 0.29) is 31.7 Å². The van der Waals surface area contributed by atoms with Gasteiger partial charge in [-0.2, -0.15) is 0 Å². The van der Waals surface area contributed by atoms with Crippen molar-refractivity contribution in [1.82, 2.24) is 16.0 Å². The number of imide groups is 1. The molecule has 0 aromatic carbocycles. The zero-order valence-electron chi connectivity index (χ0n) is 11.7. The molecule has 0 unspecified atom stereocenters. The monoisotopic (exact) mass is 287 g/mol. The van der Waals surface area contributed by atoms with Gasteiger partial charge in [0.05, 0.1) is 6.42 Å². The quantitative estimate of drug-likeness (QED) is 0.493. The lowest BCUT2D eigenvalue weighted by Crippen LogP contribution is -2.41. The van der Waals surface area contributed by atoms with Gasteiger partial charge in [0.15, 0.2) is 0 Å². The van der Waals surface area contributed by atoms with Crippen LogP contribution in [0.2, 0.25) is 0 Å². The summed E-state index contributed by atoms with van der Waals surface area (Å²) in [4.78, 5) is 43.9. The Kier molecular flexibility index (Phi) is 8.73. The van der Waals surface area contributed by atoms with Crippen LogP contribution in [0.4, 0.5) is 4.79 Å². The molecular weight excluding hydrogens is 266 g/mol. The second kappa shape index (κ2) is 9.76. The van der Waals surface area contributed by atoms with Gasteiger partial charge in [0.2, 0.25) is 11.8 Å². The van der Waals surface area contributed by atoms with Gasteiger partial charge >= 0.3 is 12.0 Å². The van der Waals surface area contributed by atoms with E-state index in [1.54, 1.807) is 0 Å². The zero-order valence-corrected chi connectivity index (χ0v) is 11.7. The van der Waals surface area contributed by atoms with E-state index in [9.17, 15) is 19.2 Å². The molecule has 4 amide bonds. The van der Waals surface area contributed by atoms with Crippen LogP contribution in [0, 0.1) is 5.92 Å². The summed E-state index contributed by atoms with van der Waals surface area (Å²) < 4.78 is 0. The molecule has 0 fully saturated rings. The van der Waals surface area contributed by atoms with E-state index < -0.39 is 17.9 Å². The molecule has 0 saturated carbocycles. The maximum atomic E-state index is 11.3. The molecule has 0 aromatic rings. The van der Waals surface area contributed by atoms with Crippen LogP contribution in [-0.2, 0) is 14.4 Å². The Bertz CT molecular complexity index is 368. The third-order valence-corrected chi connectivity index (χ3v) is 2.16. The van der Waals surface area contributed by atoms with Gasteiger partial charge in [-0.3, -0.25) is 19.7 Å². The number of amides is 4. The number of urea groups is 1. The van der Waals surface area contributed by atoms with Gasteiger partial charge in [-0.1, -0.05) is 13.8 Å². The summed E-state index contributed by atoms with van der Waals surface area (Å²) in [6.45, 7) is 4.60. The molecule has 0 radical (unpaired) electrons. The summed E-state index contributed by atoms with van der Waals surface area (Å²) >= 11 is 0. The summed E-state index contributed by atoms with van der Waals surface area (Å²) in [7, 11) is 0. The van der Waals surface area contributed by atoms with E-state index in [1.165, 1.54) is 0 Å². The first kappa shape index (κ1) is 17.9. The number of hydrogen-bond acceptors (Lipinski definition) is 4. The first-order chi connectivity index (χ1) is 9.31. The summed E-state index contributed by atoms with van der Waals surface area (Å²) in [5.41, 5.74) is 0. The summed E-state index contributed by atoms with van der Waals surface area (Å²) in [5, 5.41) is 15.4. The maximum Gasteiger partial charge on any atom is 0.321 e. The average Bonchev–Trinajstić information content (AvgIpc) is 2.33. The van der Waals surface area contributed by atoms with Crippen LogP contribution >= 0.6 is 0 Å². The molecule has 0 aliphatic rings. The van der Waals surface area contributed by atoms with E-state index >= 15 is 0 Å². The molecule has 0 spiro atoms. The van der Waals surface area contributed by atoms with Crippen molar-refractivity contribution in [1.29, 1.82) is 0 Å². The highest BCUT2D eigenvalue weighted by atomic mass is 16.4. The zero-order chi connectivity index (χ0) is 15.5. The normalized spacial score (nSPS) is 9.95. The predicted molar refractivity (Wildman–Crippen MR) is 70.9 cm³/mol. The number of aliphatic carboxylic acids is 1. The van der Waals surface area contributed by atoms with Crippen molar-refractivity contribution < 1.29 is 24.3 Å². The van der Waals surface area contributed by atoms with Crippen molar-refractivity contribution in [3.63, 3.8) is 0 Å². The van der Waals surface area contributed by atoms with Crippen molar-refractivity contribution in [3.8, 4) is 0 Å². The highest BCUT2D eigenvalue weighted by Crippen LogP contribution is 1.89. The average molecular weight is 287 g/mol. The highest BCUT2D eigenvalue weighted by Gasteiger charge is 2.09. The number of carbonyl (C=O) groups excluding carboxylic acids is 3. The van der Waals surface area contributed by atoms with E-state index in [4.69, 9.17) is 5.11 Å². The molecule has 0 saturated heterocycles. The Morgan fingerprint density at radius 1 is 0.950 bits per heavy atom. The van der Waals surface area contributed by atoms with Crippen LogP contribution in [0.25, 0.3) is 0 Å². The lowest BCUT2D eigenvalue weighted by atomic mass is 10.2. The van der Waals surface area contributed by atoms with Gasteiger partial charge in [0, 0.05) is 25.9 Å². The van der Waals surface area contributed by atoms with Crippen LogP contribution in [0.3, 0.4) is 0 Å². The molecule has 0 atom stereocenters. The Labute approximate surface area is 117 Å². The van der Waals surface area contributed by atoms with E-state index in [1.807, 2.05) is 19.2 Å². The fourth-order valence-corrected chi connectivity index (χ4v) is 1.15. The van der Waals surface area contributed by atoms with E-state index in [0.29, 0.717) is 12.5 Å². The molecule has 0 aliphatic heterocycles. The third-order valence-electron chi connectivity index (χ3n) is 2.16. The second-order valence-corrected chi connectivity index (χ2v) is 4.65. The molecule has 0 bridgehead atoms. The van der Waals surface area contributed by atoms with Crippen LogP contribution < -0.4 is 16.0 Å². The minimum Gasteiger partial charge on any atom is -0.481 e. The van der Waals surface area contributed by atoms with Gasteiger partial charge in [-0.25, -0.2) is 4.79 Å². The second-order valence-electron chi connectivity index (χ2n) is 4.65. The molecule has 8 nitrogen and oxygen atoms in total. The van der Waals surface area contributed by atoms with Crippen LogP contribution in [-0.4, -0.2) is 42.0 Å². The van der Waals surface area contributed by atoms with E-state index in [0.717, 1.165) is 0 Å². The van der Waals surface area contributed by atoms with E-state index in [2.05, 4.69) is 10.6 Å². The largest absolute Gasteiger partial charge is 0.481 e. The first-order valence-corrected chi connectivity index (χ1v) is 6.37. The maximum absolute atomic E-state index is 11.3. The first-order valence-electron chi connectivity index (χ1n) is 6.37. The van der Waals surface area contributed by atoms with Gasteiger partial charge in [-0.15, -0.1) is 0 Å². The van der Waals surface area contributed by atoms with Gasteiger partial charge < -0.3 is 15.7 Å². The molecular formula is C12H21N3O5. The standard InChI is InChI=1S/C12H21N3O5/c1-8(2)7-14-9(16)5-6-13-12(20)15-10(17)3-4-11(18)19/h8H,3-7H2,1-2H3,(H,14,16)(H,18,19)(H2,13,15,17,20). The van der Waals surface area contributed by atoms with Crippen molar-refractivity contribution in [3.05, 3.63) is 0 Å². The van der Waals surface area contributed by atoms with Gasteiger partial charge in [0.1, 0.15) is 0 Å². The molecule has 8 heteroatoms. The van der Waals surface area contributed by atoms with Crippen molar-refractivity contribution in [2.75, 3.05) is 13.1 Å². The minimum atomic E-state index is -1.11. The molecule has 114 valence electrons. The van der Waals surface area contributed by atoms with Crippen molar-refractivity contribution >= 4 is 23.8 Å². The molecule has 0 heterocycles. The van der Waals surface area contributed by atoms with Crippen molar-refractivity contribution in [2.45, 2.75) is 33.1 Å².